The smallest absolute Gasteiger partial charge is 0.342 e. The number of likely N-dealkylation sites (tertiary alicyclic amines) is 1. The summed E-state index contributed by atoms with van der Waals surface area (Å²) >= 11 is 0. The Hall–Kier alpha value is -3.22. The van der Waals surface area contributed by atoms with Gasteiger partial charge in [0, 0.05) is 43.4 Å². The van der Waals surface area contributed by atoms with Gasteiger partial charge in [-0.25, -0.2) is 0 Å². The molecule has 0 saturated carbocycles. The fraction of sp³-hybridized carbons (Fsp3) is 0.320. The third-order valence-corrected chi connectivity index (χ3v) is 5.82. The van der Waals surface area contributed by atoms with E-state index < -0.39 is 11.7 Å². The summed E-state index contributed by atoms with van der Waals surface area (Å²) in [4.78, 5) is 23.5. The average Bonchev–Trinajstić information content (AvgIpc) is 2.83. The zero-order valence-corrected chi connectivity index (χ0v) is 17.6. The van der Waals surface area contributed by atoms with Crippen molar-refractivity contribution < 1.29 is 18.0 Å². The van der Waals surface area contributed by atoms with Crippen molar-refractivity contribution in [2.75, 3.05) is 13.1 Å². The fourth-order valence-electron chi connectivity index (χ4n) is 4.19. The molecule has 1 fully saturated rings. The molecule has 1 aromatic heterocycles. The second kappa shape index (κ2) is 9.51. The second-order valence-electron chi connectivity index (χ2n) is 8.03. The van der Waals surface area contributed by atoms with Crippen LogP contribution in [0, 0.1) is 0 Å². The first-order valence-corrected chi connectivity index (χ1v) is 10.7. The Kier molecular flexibility index (Phi) is 6.53. The number of carbonyl (C=O) groups excluding carboxylic acids is 1. The van der Waals surface area contributed by atoms with Crippen molar-refractivity contribution in [3.8, 4) is 11.3 Å². The first-order chi connectivity index (χ1) is 15.4. The van der Waals surface area contributed by atoms with Gasteiger partial charge in [-0.3, -0.25) is 14.8 Å². The summed E-state index contributed by atoms with van der Waals surface area (Å²) in [7, 11) is 0. The predicted octanol–water partition coefficient (Wildman–Crippen LogP) is 5.50. The largest absolute Gasteiger partial charge is 0.416 e. The highest BCUT2D eigenvalue weighted by Gasteiger charge is 2.32. The lowest BCUT2D eigenvalue weighted by molar-refractivity contribution is -0.137. The van der Waals surface area contributed by atoms with Crippen LogP contribution in [0.15, 0.2) is 67.0 Å². The van der Waals surface area contributed by atoms with Crippen LogP contribution in [-0.4, -0.2) is 33.9 Å². The lowest BCUT2D eigenvalue weighted by Gasteiger charge is -2.33. The van der Waals surface area contributed by atoms with Gasteiger partial charge in [0.25, 0.3) is 0 Å². The highest BCUT2D eigenvalue weighted by Crippen LogP contribution is 2.35. The van der Waals surface area contributed by atoms with Crippen LogP contribution in [0.2, 0.25) is 0 Å². The molecule has 2 heterocycles. The summed E-state index contributed by atoms with van der Waals surface area (Å²) in [5.74, 6) is 0.0192. The highest BCUT2D eigenvalue weighted by molar-refractivity contribution is 5.76. The van der Waals surface area contributed by atoms with Crippen molar-refractivity contribution in [1.29, 1.82) is 0 Å². The van der Waals surface area contributed by atoms with Crippen molar-refractivity contribution in [1.82, 2.24) is 14.9 Å². The molecule has 0 aliphatic carbocycles. The number of amides is 1. The molecule has 1 saturated heterocycles. The SMILES string of the molecule is O=C(CCc1ccccc1)N1CCCC(c2nccnc2-c2cccc(C(F)(F)F)c2)C1. The van der Waals surface area contributed by atoms with Gasteiger partial charge < -0.3 is 4.90 Å². The lowest BCUT2D eigenvalue weighted by atomic mass is 9.91. The van der Waals surface area contributed by atoms with Crippen molar-refractivity contribution in [3.05, 3.63) is 83.8 Å². The summed E-state index contributed by atoms with van der Waals surface area (Å²) < 4.78 is 39.6. The molecule has 0 N–H and O–H groups in total. The van der Waals surface area contributed by atoms with Crippen LogP contribution in [0.5, 0.6) is 0 Å². The number of halogens is 3. The van der Waals surface area contributed by atoms with E-state index in [1.54, 1.807) is 12.3 Å². The Bertz CT molecular complexity index is 1070. The Labute approximate surface area is 185 Å². The molecular weight excluding hydrogens is 415 g/mol. The van der Waals surface area contributed by atoms with Crippen molar-refractivity contribution in [2.45, 2.75) is 37.8 Å². The minimum absolute atomic E-state index is 0.0670. The molecule has 1 amide bonds. The van der Waals surface area contributed by atoms with Gasteiger partial charge in [-0.1, -0.05) is 42.5 Å². The first kappa shape index (κ1) is 22.0. The maximum absolute atomic E-state index is 13.2. The van der Waals surface area contributed by atoms with Crippen LogP contribution >= 0.6 is 0 Å². The van der Waals surface area contributed by atoms with Crippen molar-refractivity contribution in [2.24, 2.45) is 0 Å². The van der Waals surface area contributed by atoms with Crippen LogP contribution < -0.4 is 0 Å². The van der Waals surface area contributed by atoms with Gasteiger partial charge in [-0.15, -0.1) is 0 Å². The van der Waals surface area contributed by atoms with Crippen LogP contribution in [-0.2, 0) is 17.4 Å². The Morgan fingerprint density at radius 2 is 1.81 bits per heavy atom. The van der Waals surface area contributed by atoms with Gasteiger partial charge in [0.1, 0.15) is 0 Å². The number of carbonyl (C=O) groups is 1. The molecule has 32 heavy (non-hydrogen) atoms. The number of alkyl halides is 3. The molecule has 4 nitrogen and oxygen atoms in total. The number of rotatable bonds is 5. The molecule has 1 aliphatic heterocycles. The van der Waals surface area contributed by atoms with Crippen molar-refractivity contribution in [3.63, 3.8) is 0 Å². The molecule has 0 bridgehead atoms. The Morgan fingerprint density at radius 3 is 2.59 bits per heavy atom. The fourth-order valence-corrected chi connectivity index (χ4v) is 4.19. The summed E-state index contributed by atoms with van der Waals surface area (Å²) in [5, 5.41) is 0. The zero-order valence-electron chi connectivity index (χ0n) is 17.6. The van der Waals surface area contributed by atoms with Gasteiger partial charge in [-0.05, 0) is 37.0 Å². The third-order valence-electron chi connectivity index (χ3n) is 5.82. The molecule has 1 aliphatic rings. The van der Waals surface area contributed by atoms with Crippen LogP contribution in [0.3, 0.4) is 0 Å². The minimum atomic E-state index is -4.43. The molecule has 1 unspecified atom stereocenters. The van der Waals surface area contributed by atoms with Gasteiger partial charge in [0.05, 0.1) is 17.0 Å². The molecule has 3 aromatic rings. The van der Waals surface area contributed by atoms with Crippen LogP contribution in [0.4, 0.5) is 13.2 Å². The summed E-state index contributed by atoms with van der Waals surface area (Å²) in [6.45, 7) is 1.18. The van der Waals surface area contributed by atoms with E-state index in [1.165, 1.54) is 12.3 Å². The molecule has 7 heteroatoms. The van der Waals surface area contributed by atoms with E-state index >= 15 is 0 Å². The summed E-state index contributed by atoms with van der Waals surface area (Å²) in [6.07, 6.45) is 1.37. The monoisotopic (exact) mass is 439 g/mol. The van der Waals surface area contributed by atoms with Gasteiger partial charge in [0.2, 0.25) is 5.91 Å². The maximum Gasteiger partial charge on any atom is 0.416 e. The van der Waals surface area contributed by atoms with Crippen LogP contribution in [0.1, 0.15) is 42.0 Å². The molecule has 0 radical (unpaired) electrons. The van der Waals surface area contributed by atoms with Gasteiger partial charge in [-0.2, -0.15) is 13.2 Å². The maximum atomic E-state index is 13.2. The third kappa shape index (κ3) is 5.15. The number of piperidine rings is 1. The Morgan fingerprint density at radius 1 is 1.03 bits per heavy atom. The number of aryl methyl sites for hydroxylation is 1. The van der Waals surface area contributed by atoms with Crippen LogP contribution in [0.25, 0.3) is 11.3 Å². The van der Waals surface area contributed by atoms with E-state index in [9.17, 15) is 18.0 Å². The number of aromatic nitrogens is 2. The molecule has 4 rings (SSSR count). The zero-order chi connectivity index (χ0) is 22.6. The van der Waals surface area contributed by atoms with E-state index in [-0.39, 0.29) is 11.8 Å². The van der Waals surface area contributed by atoms with Crippen molar-refractivity contribution >= 4 is 5.91 Å². The molecule has 0 spiro atoms. The lowest BCUT2D eigenvalue weighted by Crippen LogP contribution is -2.39. The molecule has 1 atom stereocenters. The minimum Gasteiger partial charge on any atom is -0.342 e. The quantitative estimate of drug-likeness (QED) is 0.527. The molecular formula is C25H24F3N3O. The van der Waals surface area contributed by atoms with E-state index in [4.69, 9.17) is 0 Å². The van der Waals surface area contributed by atoms with Gasteiger partial charge in [0.15, 0.2) is 0 Å². The topological polar surface area (TPSA) is 46.1 Å². The number of hydrogen-bond donors (Lipinski definition) is 0. The average molecular weight is 439 g/mol. The first-order valence-electron chi connectivity index (χ1n) is 10.7. The van der Waals surface area contributed by atoms with E-state index in [0.717, 1.165) is 30.5 Å². The molecule has 166 valence electrons. The molecule has 2 aromatic carbocycles. The van der Waals surface area contributed by atoms with E-state index in [0.29, 0.717) is 42.9 Å². The highest BCUT2D eigenvalue weighted by atomic mass is 19.4. The number of hydrogen-bond acceptors (Lipinski definition) is 3. The normalized spacial score (nSPS) is 16.7. The predicted molar refractivity (Wildman–Crippen MR) is 116 cm³/mol. The summed E-state index contributed by atoms with van der Waals surface area (Å²) in [5.41, 5.74) is 1.88. The van der Waals surface area contributed by atoms with E-state index in [1.807, 2.05) is 35.2 Å². The summed E-state index contributed by atoms with van der Waals surface area (Å²) in [6, 6.07) is 15.0. The Balaban J connectivity index is 1.51. The number of benzene rings is 2. The second-order valence-corrected chi connectivity index (χ2v) is 8.03. The number of nitrogens with zero attached hydrogens (tertiary/aromatic N) is 3. The van der Waals surface area contributed by atoms with E-state index in [2.05, 4.69) is 9.97 Å². The van der Waals surface area contributed by atoms with Gasteiger partial charge >= 0.3 is 6.18 Å². The standard InChI is InChI=1S/C25H24F3N3O/c26-25(27,28)21-10-4-8-19(16-21)23-24(30-14-13-29-23)20-9-5-15-31(17-20)22(32)12-11-18-6-2-1-3-7-18/h1-4,6-8,10,13-14,16,20H,5,9,11-12,15,17H2.